The average molecular weight is 248 g/mol. The van der Waals surface area contributed by atoms with E-state index >= 15 is 0 Å². The van der Waals surface area contributed by atoms with Gasteiger partial charge in [-0.2, -0.15) is 0 Å². The standard InChI is InChI=1S/C13H16N2OS/c1-9(2)11-12(16)15(13(17)14-11)8-10-6-4-3-5-7-10/h3-7,9,11H,8H2,1-2H3,(H,14,17)/t11-/m1/s1. The maximum absolute atomic E-state index is 12.1. The van der Waals surface area contributed by atoms with Crippen LogP contribution in [0.1, 0.15) is 19.4 Å². The Hall–Kier alpha value is -1.42. The van der Waals surface area contributed by atoms with Crippen molar-refractivity contribution in [1.29, 1.82) is 0 Å². The number of carbonyl (C=O) groups is 1. The number of carbonyl (C=O) groups excluding carboxylic acids is 1. The van der Waals surface area contributed by atoms with E-state index in [-0.39, 0.29) is 17.9 Å². The minimum absolute atomic E-state index is 0.0776. The summed E-state index contributed by atoms with van der Waals surface area (Å²) in [7, 11) is 0. The second-order valence-corrected chi connectivity index (χ2v) is 4.97. The molecule has 1 aromatic rings. The maximum atomic E-state index is 12.1. The van der Waals surface area contributed by atoms with Crippen molar-refractivity contribution in [1.82, 2.24) is 10.2 Å². The van der Waals surface area contributed by atoms with Gasteiger partial charge in [0.05, 0.1) is 6.54 Å². The lowest BCUT2D eigenvalue weighted by Gasteiger charge is -2.15. The van der Waals surface area contributed by atoms with Crippen LogP contribution in [0.3, 0.4) is 0 Å². The molecular formula is C13H16N2OS. The molecule has 0 unspecified atom stereocenters. The quantitative estimate of drug-likeness (QED) is 0.830. The van der Waals surface area contributed by atoms with Gasteiger partial charge in [-0.3, -0.25) is 9.69 Å². The van der Waals surface area contributed by atoms with Crippen LogP contribution in [0.25, 0.3) is 0 Å². The van der Waals surface area contributed by atoms with Crippen LogP contribution in [0.2, 0.25) is 0 Å². The van der Waals surface area contributed by atoms with Crippen LogP contribution in [0.5, 0.6) is 0 Å². The highest BCUT2D eigenvalue weighted by molar-refractivity contribution is 7.80. The molecule has 4 heteroatoms. The zero-order valence-electron chi connectivity index (χ0n) is 10.0. The van der Waals surface area contributed by atoms with Gasteiger partial charge in [0.2, 0.25) is 0 Å². The molecule has 1 aliphatic heterocycles. The first kappa shape index (κ1) is 12.0. The molecule has 0 saturated carbocycles. The van der Waals surface area contributed by atoms with E-state index in [0.717, 1.165) is 5.56 Å². The van der Waals surface area contributed by atoms with Crippen molar-refractivity contribution in [2.75, 3.05) is 0 Å². The van der Waals surface area contributed by atoms with Crippen LogP contribution in [0.4, 0.5) is 0 Å². The van der Waals surface area contributed by atoms with Gasteiger partial charge in [0.25, 0.3) is 5.91 Å². The highest BCUT2D eigenvalue weighted by Gasteiger charge is 2.36. The topological polar surface area (TPSA) is 32.3 Å². The Kier molecular flexibility index (Phi) is 3.43. The van der Waals surface area contributed by atoms with Crippen LogP contribution < -0.4 is 5.32 Å². The molecular weight excluding hydrogens is 232 g/mol. The number of benzene rings is 1. The smallest absolute Gasteiger partial charge is 0.251 e. The third-order valence-electron chi connectivity index (χ3n) is 2.91. The number of nitrogens with one attached hydrogen (secondary N) is 1. The Bertz CT molecular complexity index is 430. The Balaban J connectivity index is 2.12. The van der Waals surface area contributed by atoms with Gasteiger partial charge >= 0.3 is 0 Å². The molecule has 0 radical (unpaired) electrons. The van der Waals surface area contributed by atoms with Crippen molar-refractivity contribution in [3.8, 4) is 0 Å². The van der Waals surface area contributed by atoms with Crippen molar-refractivity contribution < 1.29 is 4.79 Å². The van der Waals surface area contributed by atoms with Gasteiger partial charge in [-0.1, -0.05) is 44.2 Å². The third kappa shape index (κ3) is 2.47. The van der Waals surface area contributed by atoms with Gasteiger partial charge in [-0.25, -0.2) is 0 Å². The summed E-state index contributed by atoms with van der Waals surface area (Å²) in [6.07, 6.45) is 0. The molecule has 1 aromatic carbocycles. The van der Waals surface area contributed by atoms with E-state index in [4.69, 9.17) is 12.2 Å². The van der Waals surface area contributed by atoms with Crippen molar-refractivity contribution in [3.63, 3.8) is 0 Å². The molecule has 0 aliphatic carbocycles. The third-order valence-corrected chi connectivity index (χ3v) is 3.24. The van der Waals surface area contributed by atoms with E-state index < -0.39 is 0 Å². The molecule has 1 saturated heterocycles. The summed E-state index contributed by atoms with van der Waals surface area (Å²) < 4.78 is 0. The Morgan fingerprint density at radius 1 is 1.35 bits per heavy atom. The predicted octanol–water partition coefficient (Wildman–Crippen LogP) is 1.93. The fourth-order valence-corrected chi connectivity index (χ4v) is 2.19. The summed E-state index contributed by atoms with van der Waals surface area (Å²) in [6.45, 7) is 4.59. The maximum Gasteiger partial charge on any atom is 0.251 e. The molecule has 0 aromatic heterocycles. The lowest BCUT2D eigenvalue weighted by atomic mass is 10.0. The lowest BCUT2D eigenvalue weighted by Crippen LogP contribution is -2.34. The van der Waals surface area contributed by atoms with E-state index in [1.807, 2.05) is 44.2 Å². The van der Waals surface area contributed by atoms with Crippen molar-refractivity contribution in [3.05, 3.63) is 35.9 Å². The normalized spacial score (nSPS) is 19.9. The average Bonchev–Trinajstić information content (AvgIpc) is 2.58. The first-order valence-corrected chi connectivity index (χ1v) is 6.16. The number of hydrogen-bond donors (Lipinski definition) is 1. The zero-order valence-corrected chi connectivity index (χ0v) is 10.8. The summed E-state index contributed by atoms with van der Waals surface area (Å²) in [5.41, 5.74) is 1.09. The molecule has 1 heterocycles. The molecule has 1 amide bonds. The van der Waals surface area contributed by atoms with Gasteiger partial charge in [-0.15, -0.1) is 0 Å². The van der Waals surface area contributed by atoms with E-state index in [0.29, 0.717) is 11.7 Å². The van der Waals surface area contributed by atoms with Gasteiger partial charge in [0, 0.05) is 0 Å². The number of amides is 1. The highest BCUT2D eigenvalue weighted by Crippen LogP contribution is 2.16. The molecule has 3 nitrogen and oxygen atoms in total. The van der Waals surface area contributed by atoms with Crippen LogP contribution in [-0.2, 0) is 11.3 Å². The van der Waals surface area contributed by atoms with Crippen molar-refractivity contribution in [2.24, 2.45) is 5.92 Å². The molecule has 1 aliphatic rings. The minimum atomic E-state index is -0.175. The molecule has 90 valence electrons. The molecule has 0 bridgehead atoms. The van der Waals surface area contributed by atoms with Crippen LogP contribution in [0, 0.1) is 5.92 Å². The second kappa shape index (κ2) is 4.84. The summed E-state index contributed by atoms with van der Waals surface area (Å²) in [4.78, 5) is 13.8. The largest absolute Gasteiger partial charge is 0.350 e. The first-order valence-electron chi connectivity index (χ1n) is 5.75. The SMILES string of the molecule is CC(C)[C@H]1NC(=S)N(Cc2ccccc2)C1=O. The molecule has 0 spiro atoms. The fourth-order valence-electron chi connectivity index (χ4n) is 1.91. The lowest BCUT2D eigenvalue weighted by molar-refractivity contribution is -0.128. The molecule has 2 rings (SSSR count). The monoisotopic (exact) mass is 248 g/mol. The minimum Gasteiger partial charge on any atom is -0.350 e. The van der Waals surface area contributed by atoms with Crippen molar-refractivity contribution in [2.45, 2.75) is 26.4 Å². The molecule has 17 heavy (non-hydrogen) atoms. The Morgan fingerprint density at radius 3 is 2.53 bits per heavy atom. The van der Waals surface area contributed by atoms with E-state index in [2.05, 4.69) is 5.32 Å². The number of nitrogens with zero attached hydrogens (tertiary/aromatic N) is 1. The summed E-state index contributed by atoms with van der Waals surface area (Å²) in [6, 6.07) is 9.71. The van der Waals surface area contributed by atoms with Crippen molar-refractivity contribution >= 4 is 23.2 Å². The van der Waals surface area contributed by atoms with Crippen LogP contribution in [-0.4, -0.2) is 22.0 Å². The van der Waals surface area contributed by atoms with Crippen LogP contribution in [0.15, 0.2) is 30.3 Å². The number of hydrogen-bond acceptors (Lipinski definition) is 2. The zero-order chi connectivity index (χ0) is 12.4. The van der Waals surface area contributed by atoms with Gasteiger partial charge in [0.1, 0.15) is 6.04 Å². The highest BCUT2D eigenvalue weighted by atomic mass is 32.1. The second-order valence-electron chi connectivity index (χ2n) is 4.58. The van der Waals surface area contributed by atoms with Gasteiger partial charge < -0.3 is 5.32 Å². The van der Waals surface area contributed by atoms with Crippen LogP contribution >= 0.6 is 12.2 Å². The Labute approximate surface area is 107 Å². The van der Waals surface area contributed by atoms with E-state index in [9.17, 15) is 4.79 Å². The van der Waals surface area contributed by atoms with Gasteiger partial charge in [0.15, 0.2) is 5.11 Å². The summed E-state index contributed by atoms with van der Waals surface area (Å²) >= 11 is 5.21. The number of rotatable bonds is 3. The Morgan fingerprint density at radius 2 is 2.00 bits per heavy atom. The predicted molar refractivity (Wildman–Crippen MR) is 71.4 cm³/mol. The van der Waals surface area contributed by atoms with Gasteiger partial charge in [-0.05, 0) is 23.7 Å². The van der Waals surface area contributed by atoms with E-state index in [1.165, 1.54) is 0 Å². The summed E-state index contributed by atoms with van der Waals surface area (Å²) in [5, 5.41) is 3.62. The summed E-state index contributed by atoms with van der Waals surface area (Å²) in [5.74, 6) is 0.329. The molecule has 1 atom stereocenters. The first-order chi connectivity index (χ1) is 8.09. The molecule has 1 fully saturated rings. The van der Waals surface area contributed by atoms with E-state index in [1.54, 1.807) is 4.90 Å². The fraction of sp³-hybridized carbons (Fsp3) is 0.385. The number of thiocarbonyl (C=S) groups is 1. The molecule has 1 N–H and O–H groups in total.